The summed E-state index contributed by atoms with van der Waals surface area (Å²) in [7, 11) is 0. The maximum absolute atomic E-state index is 12.3. The summed E-state index contributed by atoms with van der Waals surface area (Å²) in [6, 6.07) is 9.92. The highest BCUT2D eigenvalue weighted by Gasteiger charge is 2.27. The number of hydrogen-bond donors (Lipinski definition) is 1. The number of aromatic nitrogens is 4. The molecule has 3 aromatic rings. The first kappa shape index (κ1) is 14.6. The molecule has 0 aliphatic carbocycles. The zero-order valence-electron chi connectivity index (χ0n) is 13.0. The van der Waals surface area contributed by atoms with Crippen LogP contribution in [0.4, 0.5) is 0 Å². The van der Waals surface area contributed by atoms with E-state index in [4.69, 9.17) is 5.26 Å². The zero-order valence-corrected chi connectivity index (χ0v) is 13.0. The minimum Gasteiger partial charge on any atom is -0.303 e. The van der Waals surface area contributed by atoms with Crippen molar-refractivity contribution in [2.24, 2.45) is 0 Å². The van der Waals surface area contributed by atoms with Crippen molar-refractivity contribution in [3.63, 3.8) is 0 Å². The second-order valence-corrected chi connectivity index (χ2v) is 6.05. The van der Waals surface area contributed by atoms with Crippen molar-refractivity contribution < 1.29 is 0 Å². The quantitative estimate of drug-likeness (QED) is 0.788. The Morgan fingerprint density at radius 1 is 1.42 bits per heavy atom. The monoisotopic (exact) mass is 320 g/mol. The molecule has 2 aromatic heterocycles. The Morgan fingerprint density at radius 3 is 3.21 bits per heavy atom. The summed E-state index contributed by atoms with van der Waals surface area (Å²) in [5.74, 6) is 0. The van der Waals surface area contributed by atoms with Crippen LogP contribution in [0, 0.1) is 11.3 Å². The zero-order chi connectivity index (χ0) is 16.5. The second-order valence-electron chi connectivity index (χ2n) is 6.05. The van der Waals surface area contributed by atoms with Crippen LogP contribution in [0.25, 0.3) is 11.2 Å². The molecule has 1 aliphatic rings. The smallest absolute Gasteiger partial charge is 0.303 e. The van der Waals surface area contributed by atoms with Crippen molar-refractivity contribution in [2.45, 2.75) is 19.0 Å². The van der Waals surface area contributed by atoms with Gasteiger partial charge >= 0.3 is 5.69 Å². The average Bonchev–Trinajstić information content (AvgIpc) is 3.17. The van der Waals surface area contributed by atoms with E-state index in [0.29, 0.717) is 16.7 Å². The third-order valence-electron chi connectivity index (χ3n) is 4.45. The number of fused-ring (bicyclic) bond motifs is 1. The van der Waals surface area contributed by atoms with E-state index < -0.39 is 0 Å². The number of hydrogen-bond acceptors (Lipinski definition) is 5. The van der Waals surface area contributed by atoms with Crippen molar-refractivity contribution in [3.05, 3.63) is 58.4 Å². The van der Waals surface area contributed by atoms with Gasteiger partial charge in [-0.15, -0.1) is 0 Å². The lowest BCUT2D eigenvalue weighted by Crippen LogP contribution is -2.26. The molecule has 1 saturated heterocycles. The Morgan fingerprint density at radius 2 is 2.33 bits per heavy atom. The molecule has 7 nitrogen and oxygen atoms in total. The van der Waals surface area contributed by atoms with Crippen LogP contribution in [0.3, 0.4) is 0 Å². The largest absolute Gasteiger partial charge is 0.328 e. The molecular formula is C17H16N6O. The van der Waals surface area contributed by atoms with Crippen molar-refractivity contribution in [3.8, 4) is 6.07 Å². The standard InChI is InChI=1S/C17H16N6O/c18-7-12-2-1-3-13(6-12)9-22-5-4-14(10-22)23-16-15(21-17(23)24)8-19-11-20-16/h1-3,6,8,11,14H,4-5,9-10H2,(H,21,24)/t14-/m0/s1. The molecule has 0 saturated carbocycles. The Balaban J connectivity index is 1.55. The van der Waals surface area contributed by atoms with Gasteiger partial charge in [-0.3, -0.25) is 9.47 Å². The van der Waals surface area contributed by atoms with E-state index in [2.05, 4.69) is 25.9 Å². The fourth-order valence-electron chi connectivity index (χ4n) is 3.38. The third kappa shape index (κ3) is 2.57. The number of aromatic amines is 1. The summed E-state index contributed by atoms with van der Waals surface area (Å²) in [5, 5.41) is 9.00. The van der Waals surface area contributed by atoms with Crippen LogP contribution >= 0.6 is 0 Å². The molecule has 24 heavy (non-hydrogen) atoms. The fraction of sp³-hybridized carbons (Fsp3) is 0.294. The van der Waals surface area contributed by atoms with Gasteiger partial charge in [0.05, 0.1) is 23.9 Å². The van der Waals surface area contributed by atoms with Crippen LogP contribution in [-0.4, -0.2) is 37.5 Å². The predicted octanol–water partition coefficient (Wildman–Crippen LogP) is 1.44. The fourth-order valence-corrected chi connectivity index (χ4v) is 3.38. The number of H-pyrrole nitrogens is 1. The molecule has 0 radical (unpaired) electrons. The number of likely N-dealkylation sites (tertiary alicyclic amines) is 1. The van der Waals surface area contributed by atoms with Crippen molar-refractivity contribution in [1.82, 2.24) is 24.4 Å². The lowest BCUT2D eigenvalue weighted by molar-refractivity contribution is 0.316. The van der Waals surface area contributed by atoms with Gasteiger partial charge in [-0.05, 0) is 24.1 Å². The van der Waals surface area contributed by atoms with Crippen LogP contribution in [0.15, 0.2) is 41.6 Å². The van der Waals surface area contributed by atoms with E-state index in [1.807, 2.05) is 24.3 Å². The van der Waals surface area contributed by atoms with E-state index >= 15 is 0 Å². The lowest BCUT2D eigenvalue weighted by Gasteiger charge is -2.16. The molecule has 1 N–H and O–H groups in total. The number of nitriles is 1. The second kappa shape index (κ2) is 5.91. The summed E-state index contributed by atoms with van der Waals surface area (Å²) in [6.07, 6.45) is 3.99. The summed E-state index contributed by atoms with van der Waals surface area (Å²) in [5.41, 5.74) is 2.98. The van der Waals surface area contributed by atoms with Gasteiger partial charge in [0.25, 0.3) is 0 Å². The van der Waals surface area contributed by atoms with Crippen LogP contribution in [0.5, 0.6) is 0 Å². The summed E-state index contributed by atoms with van der Waals surface area (Å²) >= 11 is 0. The maximum atomic E-state index is 12.3. The molecule has 0 amide bonds. The molecule has 120 valence electrons. The van der Waals surface area contributed by atoms with E-state index in [-0.39, 0.29) is 11.7 Å². The van der Waals surface area contributed by atoms with Gasteiger partial charge in [-0.2, -0.15) is 5.26 Å². The molecule has 0 unspecified atom stereocenters. The summed E-state index contributed by atoms with van der Waals surface area (Å²) < 4.78 is 1.74. The van der Waals surface area contributed by atoms with Gasteiger partial charge in [0.1, 0.15) is 11.8 Å². The van der Waals surface area contributed by atoms with Crippen molar-refractivity contribution >= 4 is 11.2 Å². The minimum absolute atomic E-state index is 0.0975. The van der Waals surface area contributed by atoms with E-state index in [1.165, 1.54) is 6.33 Å². The van der Waals surface area contributed by atoms with Crippen LogP contribution < -0.4 is 5.69 Å². The molecular weight excluding hydrogens is 304 g/mol. The first-order chi connectivity index (χ1) is 11.7. The van der Waals surface area contributed by atoms with Crippen LogP contribution in [-0.2, 0) is 6.54 Å². The molecule has 0 spiro atoms. The van der Waals surface area contributed by atoms with Crippen molar-refractivity contribution in [1.29, 1.82) is 5.26 Å². The van der Waals surface area contributed by atoms with Gasteiger partial charge < -0.3 is 4.98 Å². The average molecular weight is 320 g/mol. The molecule has 0 bridgehead atoms. The Hall–Kier alpha value is -2.98. The highest BCUT2D eigenvalue weighted by atomic mass is 16.1. The van der Waals surface area contributed by atoms with Gasteiger partial charge in [-0.1, -0.05) is 12.1 Å². The van der Waals surface area contributed by atoms with Crippen molar-refractivity contribution in [2.75, 3.05) is 13.1 Å². The Bertz CT molecular complexity index is 982. The third-order valence-corrected chi connectivity index (χ3v) is 4.45. The minimum atomic E-state index is -0.135. The molecule has 1 atom stereocenters. The predicted molar refractivity (Wildman–Crippen MR) is 88.2 cm³/mol. The lowest BCUT2D eigenvalue weighted by atomic mass is 10.1. The first-order valence-electron chi connectivity index (χ1n) is 7.86. The van der Waals surface area contributed by atoms with E-state index in [9.17, 15) is 4.79 Å². The molecule has 3 heterocycles. The molecule has 1 aromatic carbocycles. The van der Waals surface area contributed by atoms with Crippen LogP contribution in [0.2, 0.25) is 0 Å². The normalized spacial score (nSPS) is 18.0. The highest BCUT2D eigenvalue weighted by Crippen LogP contribution is 2.24. The highest BCUT2D eigenvalue weighted by molar-refractivity contribution is 5.69. The Labute approximate surface area is 138 Å². The summed E-state index contributed by atoms with van der Waals surface area (Å²) in [6.45, 7) is 2.47. The van der Waals surface area contributed by atoms with Gasteiger partial charge in [0.15, 0.2) is 5.65 Å². The molecule has 1 aliphatic heterocycles. The molecule has 4 rings (SSSR count). The Kier molecular flexibility index (Phi) is 3.59. The molecule has 1 fully saturated rings. The van der Waals surface area contributed by atoms with Gasteiger partial charge in [0.2, 0.25) is 0 Å². The summed E-state index contributed by atoms with van der Waals surface area (Å²) in [4.78, 5) is 25.6. The first-order valence-corrected chi connectivity index (χ1v) is 7.86. The SMILES string of the molecule is N#Cc1cccc(CN2CC[C@H](n3c(=O)[nH]c4cncnc43)C2)c1. The number of nitrogens with zero attached hydrogens (tertiary/aromatic N) is 5. The topological polar surface area (TPSA) is 90.6 Å². The number of imidazole rings is 1. The van der Waals surface area contributed by atoms with Gasteiger partial charge in [-0.25, -0.2) is 14.8 Å². The van der Waals surface area contributed by atoms with E-state index in [0.717, 1.165) is 31.6 Å². The number of rotatable bonds is 3. The maximum Gasteiger partial charge on any atom is 0.328 e. The number of benzene rings is 1. The van der Waals surface area contributed by atoms with E-state index in [1.54, 1.807) is 10.8 Å². The van der Waals surface area contributed by atoms with Gasteiger partial charge in [0, 0.05) is 19.6 Å². The van der Waals surface area contributed by atoms with Crippen LogP contribution in [0.1, 0.15) is 23.6 Å². The molecule has 7 heteroatoms. The number of nitrogens with one attached hydrogen (secondary N) is 1.